The van der Waals surface area contributed by atoms with Gasteiger partial charge in [0.05, 0.1) is 0 Å². The van der Waals surface area contributed by atoms with E-state index in [0.717, 1.165) is 5.25 Å². The molecule has 2 aliphatic rings. The van der Waals surface area contributed by atoms with Gasteiger partial charge in [0.2, 0.25) is 0 Å². The molecule has 1 saturated carbocycles. The molecule has 0 bridgehead atoms. The highest BCUT2D eigenvalue weighted by Crippen LogP contribution is 2.26. The standard InChI is InChI=1S/C11H22N2S/c1-9-5-6-13(7-8-14-9)11-4-2-3-10(11)12/h9-11H,2-8,12H2,1H3. The van der Waals surface area contributed by atoms with Crippen LogP contribution in [-0.4, -0.2) is 41.1 Å². The Morgan fingerprint density at radius 2 is 2.07 bits per heavy atom. The highest BCUT2D eigenvalue weighted by molar-refractivity contribution is 7.99. The lowest BCUT2D eigenvalue weighted by Gasteiger charge is -2.30. The molecule has 2 nitrogen and oxygen atoms in total. The van der Waals surface area contributed by atoms with Crippen molar-refractivity contribution in [1.29, 1.82) is 0 Å². The monoisotopic (exact) mass is 214 g/mol. The van der Waals surface area contributed by atoms with E-state index in [-0.39, 0.29) is 0 Å². The number of rotatable bonds is 1. The molecule has 1 saturated heterocycles. The molecular formula is C11H22N2S. The van der Waals surface area contributed by atoms with Crippen LogP contribution in [-0.2, 0) is 0 Å². The average Bonchev–Trinajstić information content (AvgIpc) is 2.46. The van der Waals surface area contributed by atoms with Crippen molar-refractivity contribution in [3.8, 4) is 0 Å². The van der Waals surface area contributed by atoms with Crippen LogP contribution >= 0.6 is 11.8 Å². The molecule has 0 aromatic carbocycles. The molecule has 0 spiro atoms. The Morgan fingerprint density at radius 1 is 1.21 bits per heavy atom. The second-order valence-corrected chi connectivity index (χ2v) is 6.21. The van der Waals surface area contributed by atoms with Crippen LogP contribution in [0.1, 0.15) is 32.6 Å². The van der Waals surface area contributed by atoms with Crippen LogP contribution in [0.25, 0.3) is 0 Å². The van der Waals surface area contributed by atoms with Crippen molar-refractivity contribution in [2.45, 2.75) is 49.9 Å². The summed E-state index contributed by atoms with van der Waals surface area (Å²) < 4.78 is 0. The summed E-state index contributed by atoms with van der Waals surface area (Å²) in [5.74, 6) is 1.30. The van der Waals surface area contributed by atoms with Gasteiger partial charge in [-0.15, -0.1) is 0 Å². The van der Waals surface area contributed by atoms with Crippen LogP contribution in [0.2, 0.25) is 0 Å². The summed E-state index contributed by atoms with van der Waals surface area (Å²) in [6.07, 6.45) is 5.25. The van der Waals surface area contributed by atoms with Gasteiger partial charge >= 0.3 is 0 Å². The summed E-state index contributed by atoms with van der Waals surface area (Å²) >= 11 is 2.12. The van der Waals surface area contributed by atoms with Gasteiger partial charge in [0.25, 0.3) is 0 Å². The predicted octanol–water partition coefficient (Wildman–Crippen LogP) is 1.69. The topological polar surface area (TPSA) is 29.3 Å². The van der Waals surface area contributed by atoms with Gasteiger partial charge in [0.15, 0.2) is 0 Å². The molecule has 0 amide bonds. The molecule has 3 atom stereocenters. The molecule has 2 fully saturated rings. The second kappa shape index (κ2) is 4.86. The van der Waals surface area contributed by atoms with E-state index in [2.05, 4.69) is 23.6 Å². The van der Waals surface area contributed by atoms with Gasteiger partial charge in [-0.2, -0.15) is 11.8 Å². The van der Waals surface area contributed by atoms with E-state index in [1.807, 2.05) is 0 Å². The van der Waals surface area contributed by atoms with E-state index >= 15 is 0 Å². The third kappa shape index (κ3) is 2.44. The molecule has 82 valence electrons. The molecule has 1 aliphatic carbocycles. The molecule has 1 aliphatic heterocycles. The van der Waals surface area contributed by atoms with Gasteiger partial charge < -0.3 is 5.73 Å². The Bertz CT molecular complexity index is 186. The van der Waals surface area contributed by atoms with E-state index in [4.69, 9.17) is 5.73 Å². The van der Waals surface area contributed by atoms with Gasteiger partial charge in [-0.25, -0.2) is 0 Å². The summed E-state index contributed by atoms with van der Waals surface area (Å²) in [4.78, 5) is 2.65. The fourth-order valence-electron chi connectivity index (χ4n) is 2.67. The highest BCUT2D eigenvalue weighted by Gasteiger charge is 2.30. The smallest absolute Gasteiger partial charge is 0.0247 e. The zero-order chi connectivity index (χ0) is 9.97. The minimum atomic E-state index is 0.452. The molecule has 14 heavy (non-hydrogen) atoms. The minimum absolute atomic E-state index is 0.452. The Balaban J connectivity index is 1.90. The maximum atomic E-state index is 6.15. The first-order valence-corrected chi connectivity index (χ1v) is 6.93. The van der Waals surface area contributed by atoms with Crippen molar-refractivity contribution in [1.82, 2.24) is 4.90 Å². The van der Waals surface area contributed by atoms with E-state index in [1.165, 1.54) is 44.5 Å². The summed E-state index contributed by atoms with van der Waals surface area (Å²) in [6.45, 7) is 4.88. The molecule has 2 N–H and O–H groups in total. The zero-order valence-electron chi connectivity index (χ0n) is 9.11. The average molecular weight is 214 g/mol. The first kappa shape index (κ1) is 10.8. The van der Waals surface area contributed by atoms with Crippen molar-refractivity contribution in [3.63, 3.8) is 0 Å². The lowest BCUT2D eigenvalue weighted by Crippen LogP contribution is -2.45. The van der Waals surface area contributed by atoms with Crippen LogP contribution in [0.15, 0.2) is 0 Å². The largest absolute Gasteiger partial charge is 0.326 e. The molecule has 2 rings (SSSR count). The van der Waals surface area contributed by atoms with Crippen molar-refractivity contribution in [3.05, 3.63) is 0 Å². The molecule has 3 heteroatoms. The maximum Gasteiger partial charge on any atom is 0.0247 e. The summed E-state index contributed by atoms with van der Waals surface area (Å²) in [6, 6.07) is 1.15. The third-order valence-electron chi connectivity index (χ3n) is 3.60. The van der Waals surface area contributed by atoms with E-state index < -0.39 is 0 Å². The number of nitrogens with zero attached hydrogens (tertiary/aromatic N) is 1. The fourth-order valence-corrected chi connectivity index (χ4v) is 3.68. The SMILES string of the molecule is CC1CCN(C2CCCC2N)CCS1. The van der Waals surface area contributed by atoms with Gasteiger partial charge in [0, 0.05) is 29.6 Å². The molecule has 1 heterocycles. The maximum absolute atomic E-state index is 6.15. The second-order valence-electron chi connectivity index (χ2n) is 4.67. The van der Waals surface area contributed by atoms with Crippen LogP contribution in [0.5, 0.6) is 0 Å². The van der Waals surface area contributed by atoms with Crippen LogP contribution in [0, 0.1) is 0 Å². The fraction of sp³-hybridized carbons (Fsp3) is 1.00. The Morgan fingerprint density at radius 3 is 2.79 bits per heavy atom. The molecular weight excluding hydrogens is 192 g/mol. The molecule has 0 aromatic rings. The van der Waals surface area contributed by atoms with E-state index in [1.54, 1.807) is 0 Å². The first-order chi connectivity index (χ1) is 6.77. The van der Waals surface area contributed by atoms with Crippen LogP contribution < -0.4 is 5.73 Å². The zero-order valence-corrected chi connectivity index (χ0v) is 9.93. The summed E-state index contributed by atoms with van der Waals surface area (Å²) in [7, 11) is 0. The molecule has 0 radical (unpaired) electrons. The van der Waals surface area contributed by atoms with Gasteiger partial charge in [-0.05, 0) is 25.8 Å². The lowest BCUT2D eigenvalue weighted by molar-refractivity contribution is 0.197. The van der Waals surface area contributed by atoms with Crippen LogP contribution in [0.4, 0.5) is 0 Å². The molecule has 3 unspecified atom stereocenters. The third-order valence-corrected chi connectivity index (χ3v) is 4.83. The number of hydrogen-bond donors (Lipinski definition) is 1. The van der Waals surface area contributed by atoms with Crippen molar-refractivity contribution in [2.24, 2.45) is 5.73 Å². The summed E-state index contributed by atoms with van der Waals surface area (Å²) in [5, 5.41) is 0.845. The van der Waals surface area contributed by atoms with Gasteiger partial charge in [-0.1, -0.05) is 13.3 Å². The van der Waals surface area contributed by atoms with Crippen LogP contribution in [0.3, 0.4) is 0 Å². The summed E-state index contributed by atoms with van der Waals surface area (Å²) in [5.41, 5.74) is 6.15. The van der Waals surface area contributed by atoms with Crippen molar-refractivity contribution >= 4 is 11.8 Å². The van der Waals surface area contributed by atoms with E-state index in [0.29, 0.717) is 12.1 Å². The number of thioether (sulfide) groups is 1. The van der Waals surface area contributed by atoms with Gasteiger partial charge in [-0.3, -0.25) is 4.90 Å². The van der Waals surface area contributed by atoms with Crippen molar-refractivity contribution in [2.75, 3.05) is 18.8 Å². The highest BCUT2D eigenvalue weighted by atomic mass is 32.2. The minimum Gasteiger partial charge on any atom is -0.326 e. The van der Waals surface area contributed by atoms with Gasteiger partial charge in [0.1, 0.15) is 0 Å². The van der Waals surface area contributed by atoms with Crippen molar-refractivity contribution < 1.29 is 0 Å². The Hall–Kier alpha value is 0.270. The Labute approximate surface area is 91.6 Å². The normalized spacial score (nSPS) is 41.1. The lowest BCUT2D eigenvalue weighted by atomic mass is 10.1. The first-order valence-electron chi connectivity index (χ1n) is 5.88. The Kier molecular flexibility index (Phi) is 3.74. The number of hydrogen-bond acceptors (Lipinski definition) is 3. The molecule has 0 aromatic heterocycles. The predicted molar refractivity (Wildman–Crippen MR) is 63.7 cm³/mol. The number of nitrogens with two attached hydrogens (primary N) is 1. The van der Waals surface area contributed by atoms with E-state index in [9.17, 15) is 0 Å². The quantitative estimate of drug-likeness (QED) is 0.720.